The summed E-state index contributed by atoms with van der Waals surface area (Å²) in [6.45, 7) is 1.15. The summed E-state index contributed by atoms with van der Waals surface area (Å²) in [5.41, 5.74) is 0.0196. The second-order valence-corrected chi connectivity index (χ2v) is 8.06. The topological polar surface area (TPSA) is 134 Å². The molecule has 4 rings (SSSR count). The quantitative estimate of drug-likeness (QED) is 0.513. The third-order valence-corrected chi connectivity index (χ3v) is 4.95. The Balaban J connectivity index is 0.000000240. The van der Waals surface area contributed by atoms with Gasteiger partial charge in [-0.25, -0.2) is 4.79 Å². The number of aryl methyl sites for hydroxylation is 1. The molecule has 10 nitrogen and oxygen atoms in total. The Morgan fingerprint density at radius 2 is 1.85 bits per heavy atom. The maximum absolute atomic E-state index is 11.9. The molecule has 2 aromatic rings. The summed E-state index contributed by atoms with van der Waals surface area (Å²) in [5.74, 6) is -0.160. The average molecular weight is 474 g/mol. The van der Waals surface area contributed by atoms with E-state index in [-0.39, 0.29) is 16.9 Å². The zero-order valence-electron chi connectivity index (χ0n) is 18.5. The number of alkyl halides is 3. The largest absolute Gasteiger partial charge is 0.522 e. The van der Waals surface area contributed by atoms with Crippen LogP contribution in [-0.4, -0.2) is 49.0 Å². The maximum atomic E-state index is 11.9. The lowest BCUT2D eigenvalue weighted by Gasteiger charge is -2.04. The molecule has 2 fully saturated rings. The van der Waals surface area contributed by atoms with Gasteiger partial charge < -0.3 is 15.7 Å². The number of carboxylic acid groups (broad SMARTS) is 1. The van der Waals surface area contributed by atoms with E-state index in [2.05, 4.69) is 30.7 Å². The van der Waals surface area contributed by atoms with Gasteiger partial charge in [-0.3, -0.25) is 19.3 Å². The number of aromatic nitrogens is 4. The third kappa shape index (κ3) is 10.4. The molecule has 2 heterocycles. The van der Waals surface area contributed by atoms with E-state index in [0.29, 0.717) is 5.82 Å². The molecule has 0 saturated heterocycles. The second kappa shape index (κ2) is 11.7. The molecule has 2 amide bonds. The molecule has 33 heavy (non-hydrogen) atoms. The van der Waals surface area contributed by atoms with Gasteiger partial charge in [-0.1, -0.05) is 32.1 Å². The summed E-state index contributed by atoms with van der Waals surface area (Å²) in [6, 6.07) is 2.75. The zero-order valence-corrected chi connectivity index (χ0v) is 18.5. The molecule has 0 atom stereocenters. The van der Waals surface area contributed by atoms with Crippen LogP contribution in [0.15, 0.2) is 18.3 Å². The molecule has 2 aromatic heterocycles. The molecule has 13 heteroatoms. The predicted octanol–water partition coefficient (Wildman–Crippen LogP) is 4.19. The Labute approximate surface area is 188 Å². The van der Waals surface area contributed by atoms with Gasteiger partial charge in [0.25, 0.3) is 5.91 Å². The molecule has 0 unspecified atom stereocenters. The van der Waals surface area contributed by atoms with Gasteiger partial charge >= 0.3 is 12.5 Å². The number of hydrogen-bond donors (Lipinski definition) is 4. The standard InChI is InChI=1S/C10H10F3N5O2.C5H9NO2.C5H10/c1-18-7(9(19)15-8-2-3-14-16-8)4-6(17-18)5-20-10(11,12)13;1-5(2-3-5)6-4(7)8;1-2-4-5-3-1/h2-4H,5H2,1H3,(H2,14,15,16,19);6H,2-3H2,1H3,(H,7,8);1-5H2. The van der Waals surface area contributed by atoms with Crippen LogP contribution in [0.5, 0.6) is 0 Å². The van der Waals surface area contributed by atoms with Gasteiger partial charge in [0.2, 0.25) is 0 Å². The molecule has 0 spiro atoms. The van der Waals surface area contributed by atoms with Gasteiger partial charge in [-0.2, -0.15) is 10.2 Å². The van der Waals surface area contributed by atoms with Crippen LogP contribution in [0.3, 0.4) is 0 Å². The van der Waals surface area contributed by atoms with Crippen LogP contribution in [0.1, 0.15) is 68.1 Å². The van der Waals surface area contributed by atoms with Crippen LogP contribution in [0.2, 0.25) is 0 Å². The Bertz CT molecular complexity index is 883. The van der Waals surface area contributed by atoms with Crippen LogP contribution in [-0.2, 0) is 18.4 Å². The summed E-state index contributed by atoms with van der Waals surface area (Å²) in [5, 5.41) is 23.0. The SMILES string of the molecule is C1CCCC1.CC1(NC(=O)O)CC1.Cn1nc(COC(F)(F)F)cc1C(=O)Nc1ccn[nH]1. The van der Waals surface area contributed by atoms with E-state index in [1.54, 1.807) is 0 Å². The number of rotatable bonds is 5. The zero-order chi connectivity index (χ0) is 24.5. The summed E-state index contributed by atoms with van der Waals surface area (Å²) < 4.78 is 40.5. The Hall–Kier alpha value is -3.09. The first kappa shape index (κ1) is 26.2. The minimum absolute atomic E-state index is 0.000384. The second-order valence-electron chi connectivity index (χ2n) is 8.06. The minimum Gasteiger partial charge on any atom is -0.465 e. The number of halogens is 3. The average Bonchev–Trinajstić information content (AvgIpc) is 3.22. The van der Waals surface area contributed by atoms with Crippen molar-refractivity contribution in [3.8, 4) is 0 Å². The number of carbonyl (C=O) groups is 2. The van der Waals surface area contributed by atoms with E-state index in [4.69, 9.17) is 5.11 Å². The van der Waals surface area contributed by atoms with Crippen LogP contribution in [0.25, 0.3) is 0 Å². The van der Waals surface area contributed by atoms with Crippen LogP contribution < -0.4 is 10.6 Å². The predicted molar refractivity (Wildman–Crippen MR) is 112 cm³/mol. The van der Waals surface area contributed by atoms with Gasteiger partial charge in [-0.15, -0.1) is 13.2 Å². The molecule has 0 radical (unpaired) electrons. The van der Waals surface area contributed by atoms with Gasteiger partial charge in [0.15, 0.2) is 0 Å². The highest BCUT2D eigenvalue weighted by atomic mass is 19.4. The number of ether oxygens (including phenoxy) is 1. The smallest absolute Gasteiger partial charge is 0.465 e. The fraction of sp³-hybridized carbons (Fsp3) is 0.600. The van der Waals surface area contributed by atoms with Crippen molar-refractivity contribution in [2.24, 2.45) is 7.05 Å². The van der Waals surface area contributed by atoms with Crippen molar-refractivity contribution in [2.75, 3.05) is 5.32 Å². The van der Waals surface area contributed by atoms with Crippen LogP contribution >= 0.6 is 0 Å². The fourth-order valence-electron chi connectivity index (χ4n) is 2.93. The van der Waals surface area contributed by atoms with Crippen LogP contribution in [0, 0.1) is 0 Å². The summed E-state index contributed by atoms with van der Waals surface area (Å²) >= 11 is 0. The van der Waals surface area contributed by atoms with E-state index in [0.717, 1.165) is 12.8 Å². The molecule has 0 bridgehead atoms. The summed E-state index contributed by atoms with van der Waals surface area (Å²) in [7, 11) is 1.44. The van der Waals surface area contributed by atoms with Crippen molar-refractivity contribution in [2.45, 2.75) is 70.4 Å². The molecule has 4 N–H and O–H groups in total. The molecule has 0 aromatic carbocycles. The number of anilines is 1. The fourth-order valence-corrected chi connectivity index (χ4v) is 2.93. The number of carbonyl (C=O) groups excluding carboxylic acids is 1. The van der Waals surface area contributed by atoms with Crippen molar-refractivity contribution in [1.82, 2.24) is 25.3 Å². The lowest BCUT2D eigenvalue weighted by atomic mass is 10.3. The monoisotopic (exact) mass is 474 g/mol. The van der Waals surface area contributed by atoms with Crippen molar-refractivity contribution in [3.05, 3.63) is 29.7 Å². The normalized spacial score (nSPS) is 16.0. The van der Waals surface area contributed by atoms with Crippen molar-refractivity contribution >= 4 is 17.8 Å². The first-order chi connectivity index (χ1) is 15.5. The Kier molecular flexibility index (Phi) is 9.26. The lowest BCUT2D eigenvalue weighted by Crippen LogP contribution is -2.32. The number of nitrogens with one attached hydrogen (secondary N) is 3. The van der Waals surface area contributed by atoms with Crippen LogP contribution in [0.4, 0.5) is 23.8 Å². The highest BCUT2D eigenvalue weighted by Crippen LogP contribution is 2.33. The number of aromatic amines is 1. The maximum Gasteiger partial charge on any atom is 0.522 e. The molecule has 2 aliphatic carbocycles. The highest BCUT2D eigenvalue weighted by molar-refractivity contribution is 6.02. The first-order valence-electron chi connectivity index (χ1n) is 10.5. The number of H-pyrrole nitrogens is 1. The molecule has 2 saturated carbocycles. The number of amides is 2. The number of nitrogens with zero attached hydrogens (tertiary/aromatic N) is 3. The van der Waals surface area contributed by atoms with Gasteiger partial charge in [-0.05, 0) is 25.8 Å². The highest BCUT2D eigenvalue weighted by Gasteiger charge is 2.38. The van der Waals surface area contributed by atoms with Gasteiger partial charge in [0.1, 0.15) is 18.1 Å². The Morgan fingerprint density at radius 1 is 1.24 bits per heavy atom. The summed E-state index contributed by atoms with van der Waals surface area (Å²) in [6.07, 6.45) is 5.26. The van der Waals surface area contributed by atoms with Crippen molar-refractivity contribution in [3.63, 3.8) is 0 Å². The molecule has 2 aliphatic rings. The van der Waals surface area contributed by atoms with E-state index in [1.807, 2.05) is 6.92 Å². The van der Waals surface area contributed by atoms with E-state index in [1.165, 1.54) is 62.2 Å². The number of hydrogen-bond acceptors (Lipinski definition) is 5. The third-order valence-electron chi connectivity index (χ3n) is 4.95. The molecule has 0 aliphatic heterocycles. The van der Waals surface area contributed by atoms with Gasteiger partial charge in [0, 0.05) is 18.7 Å². The minimum atomic E-state index is -4.74. The lowest BCUT2D eigenvalue weighted by molar-refractivity contribution is -0.330. The van der Waals surface area contributed by atoms with Crippen molar-refractivity contribution in [1.29, 1.82) is 0 Å². The van der Waals surface area contributed by atoms with E-state index in [9.17, 15) is 22.8 Å². The molecule has 184 valence electrons. The summed E-state index contributed by atoms with van der Waals surface area (Å²) in [4.78, 5) is 21.8. The van der Waals surface area contributed by atoms with Gasteiger partial charge in [0.05, 0.1) is 11.9 Å². The van der Waals surface area contributed by atoms with E-state index < -0.39 is 25.0 Å². The Morgan fingerprint density at radius 3 is 2.27 bits per heavy atom. The first-order valence-corrected chi connectivity index (χ1v) is 10.5. The van der Waals surface area contributed by atoms with E-state index >= 15 is 0 Å². The molecular weight excluding hydrogens is 445 g/mol. The molecular formula is C20H29F3N6O4. The van der Waals surface area contributed by atoms with Crippen molar-refractivity contribution < 1.29 is 32.6 Å².